The Morgan fingerprint density at radius 3 is 2.10 bits per heavy atom. The summed E-state index contributed by atoms with van der Waals surface area (Å²) in [5, 5.41) is 0. The molecule has 0 saturated heterocycles. The molecule has 21 heavy (non-hydrogen) atoms. The molecule has 1 aromatic carbocycles. The van der Waals surface area contributed by atoms with E-state index in [1.807, 2.05) is 30.3 Å². The molecule has 0 amide bonds. The highest BCUT2D eigenvalue weighted by Gasteiger charge is 2.44. The predicted octanol–water partition coefficient (Wildman–Crippen LogP) is 1.91. The van der Waals surface area contributed by atoms with Crippen molar-refractivity contribution >= 4 is 18.0 Å². The van der Waals surface area contributed by atoms with Crippen LogP contribution in [0.5, 0.6) is 0 Å². The first-order chi connectivity index (χ1) is 10.0. The molecule has 0 aliphatic rings. The molecule has 1 aromatic rings. The van der Waals surface area contributed by atoms with E-state index in [1.54, 1.807) is 26.0 Å². The molecule has 0 saturated carbocycles. The van der Waals surface area contributed by atoms with Gasteiger partial charge in [-0.1, -0.05) is 42.5 Å². The van der Waals surface area contributed by atoms with Gasteiger partial charge >= 0.3 is 11.9 Å². The zero-order valence-corrected chi connectivity index (χ0v) is 12.4. The molecular weight excluding hydrogens is 270 g/mol. The Kier molecular flexibility index (Phi) is 6.62. The van der Waals surface area contributed by atoms with Crippen LogP contribution in [0.1, 0.15) is 25.8 Å². The fourth-order valence-electron chi connectivity index (χ4n) is 1.71. The Morgan fingerprint density at radius 2 is 1.62 bits per heavy atom. The van der Waals surface area contributed by atoms with Crippen LogP contribution in [0, 0.1) is 0 Å². The molecule has 0 aromatic heterocycles. The highest BCUT2D eigenvalue weighted by molar-refractivity contribution is 6.05. The summed E-state index contributed by atoms with van der Waals surface area (Å²) in [6.45, 7) is 3.62. The van der Waals surface area contributed by atoms with Crippen LogP contribution in [0.15, 0.2) is 36.4 Å². The van der Waals surface area contributed by atoms with Gasteiger partial charge in [-0.2, -0.15) is 0 Å². The summed E-state index contributed by atoms with van der Waals surface area (Å²) < 4.78 is 9.76. The van der Waals surface area contributed by atoms with Crippen LogP contribution in [0.25, 0.3) is 6.08 Å². The first-order valence-electron chi connectivity index (χ1n) is 6.89. The number of carbonyl (C=O) groups excluding carboxylic acids is 2. The Labute approximate surface area is 124 Å². The highest BCUT2D eigenvalue weighted by atomic mass is 16.6. The zero-order valence-electron chi connectivity index (χ0n) is 12.4. The van der Waals surface area contributed by atoms with Gasteiger partial charge in [0, 0.05) is 6.42 Å². The van der Waals surface area contributed by atoms with Gasteiger partial charge in [-0.25, -0.2) is 9.59 Å². The summed E-state index contributed by atoms with van der Waals surface area (Å²) in [5.74, 6) is -1.55. The van der Waals surface area contributed by atoms with Gasteiger partial charge in [0.25, 0.3) is 0 Å². The second kappa shape index (κ2) is 8.21. The summed E-state index contributed by atoms with van der Waals surface area (Å²) >= 11 is 0. The SMILES string of the molecule is CCOC(=O)C(N)(C/C=C/c1ccccc1)C(=O)OCC. The molecule has 0 aliphatic heterocycles. The van der Waals surface area contributed by atoms with Gasteiger partial charge in [0.05, 0.1) is 13.2 Å². The van der Waals surface area contributed by atoms with Crippen LogP contribution in [-0.4, -0.2) is 30.7 Å². The number of carbonyl (C=O) groups is 2. The number of hydrogen-bond acceptors (Lipinski definition) is 5. The largest absolute Gasteiger partial charge is 0.464 e. The predicted molar refractivity (Wildman–Crippen MR) is 80.3 cm³/mol. The maximum Gasteiger partial charge on any atom is 0.338 e. The van der Waals surface area contributed by atoms with Crippen LogP contribution in [0.3, 0.4) is 0 Å². The minimum atomic E-state index is -1.81. The Balaban J connectivity index is 2.84. The van der Waals surface area contributed by atoms with Crippen molar-refractivity contribution in [2.75, 3.05) is 13.2 Å². The number of hydrogen-bond donors (Lipinski definition) is 1. The molecule has 5 nitrogen and oxygen atoms in total. The molecule has 114 valence electrons. The molecule has 0 heterocycles. The molecule has 5 heteroatoms. The lowest BCUT2D eigenvalue weighted by Crippen LogP contribution is -2.56. The number of ether oxygens (including phenoxy) is 2. The van der Waals surface area contributed by atoms with E-state index in [1.165, 1.54) is 0 Å². The maximum atomic E-state index is 11.9. The van der Waals surface area contributed by atoms with Crippen LogP contribution in [0.2, 0.25) is 0 Å². The van der Waals surface area contributed by atoms with E-state index >= 15 is 0 Å². The average Bonchev–Trinajstić information content (AvgIpc) is 2.48. The van der Waals surface area contributed by atoms with Gasteiger partial charge in [-0.15, -0.1) is 0 Å². The summed E-state index contributed by atoms with van der Waals surface area (Å²) in [5.41, 5.74) is 5.06. The van der Waals surface area contributed by atoms with Crippen molar-refractivity contribution in [3.05, 3.63) is 42.0 Å². The normalized spacial score (nSPS) is 11.4. The van der Waals surface area contributed by atoms with Crippen LogP contribution in [-0.2, 0) is 19.1 Å². The number of rotatable bonds is 7. The monoisotopic (exact) mass is 291 g/mol. The quantitative estimate of drug-likeness (QED) is 0.613. The fourth-order valence-corrected chi connectivity index (χ4v) is 1.71. The van der Waals surface area contributed by atoms with Crippen molar-refractivity contribution in [2.45, 2.75) is 25.8 Å². The van der Waals surface area contributed by atoms with E-state index in [0.29, 0.717) is 0 Å². The van der Waals surface area contributed by atoms with Crippen molar-refractivity contribution < 1.29 is 19.1 Å². The number of benzene rings is 1. The summed E-state index contributed by atoms with van der Waals surface area (Å²) in [6.07, 6.45) is 3.47. The van der Waals surface area contributed by atoms with E-state index in [4.69, 9.17) is 15.2 Å². The molecule has 0 bridgehead atoms. The summed E-state index contributed by atoms with van der Waals surface area (Å²) in [7, 11) is 0. The molecule has 0 radical (unpaired) electrons. The van der Waals surface area contributed by atoms with Gasteiger partial charge in [0.1, 0.15) is 0 Å². The second-order valence-electron chi connectivity index (χ2n) is 4.43. The summed E-state index contributed by atoms with van der Waals surface area (Å²) in [6, 6.07) is 9.51. The average molecular weight is 291 g/mol. The maximum absolute atomic E-state index is 11.9. The topological polar surface area (TPSA) is 78.6 Å². The van der Waals surface area contributed by atoms with Crippen LogP contribution in [0.4, 0.5) is 0 Å². The standard InChI is InChI=1S/C16H21NO4/c1-3-20-14(18)16(17,15(19)21-4-2)12-8-11-13-9-6-5-7-10-13/h5-11H,3-4,12,17H2,1-2H3/b11-8+. The van der Waals surface area contributed by atoms with E-state index < -0.39 is 17.5 Å². The molecule has 2 N–H and O–H groups in total. The van der Waals surface area contributed by atoms with Gasteiger partial charge < -0.3 is 15.2 Å². The van der Waals surface area contributed by atoms with Gasteiger partial charge in [-0.3, -0.25) is 0 Å². The smallest absolute Gasteiger partial charge is 0.338 e. The van der Waals surface area contributed by atoms with E-state index in [-0.39, 0.29) is 19.6 Å². The highest BCUT2D eigenvalue weighted by Crippen LogP contribution is 2.15. The molecule has 0 fully saturated rings. The minimum Gasteiger partial charge on any atom is -0.464 e. The van der Waals surface area contributed by atoms with E-state index in [9.17, 15) is 9.59 Å². The third-order valence-corrected chi connectivity index (χ3v) is 2.83. The lowest BCUT2D eigenvalue weighted by Gasteiger charge is -2.23. The summed E-state index contributed by atoms with van der Waals surface area (Å²) in [4.78, 5) is 23.9. The van der Waals surface area contributed by atoms with Gasteiger partial charge in [0.15, 0.2) is 0 Å². The lowest BCUT2D eigenvalue weighted by atomic mass is 9.96. The Hall–Kier alpha value is -2.14. The lowest BCUT2D eigenvalue weighted by molar-refractivity contribution is -0.163. The number of esters is 2. The third-order valence-electron chi connectivity index (χ3n) is 2.83. The molecular formula is C16H21NO4. The second-order valence-corrected chi connectivity index (χ2v) is 4.43. The molecule has 0 spiro atoms. The van der Waals surface area contributed by atoms with Gasteiger partial charge in [0.2, 0.25) is 5.54 Å². The minimum absolute atomic E-state index is 0.0135. The van der Waals surface area contributed by atoms with E-state index in [2.05, 4.69) is 0 Å². The zero-order chi connectivity index (χ0) is 15.7. The third kappa shape index (κ3) is 4.72. The van der Waals surface area contributed by atoms with Crippen LogP contribution >= 0.6 is 0 Å². The molecule has 0 unspecified atom stereocenters. The van der Waals surface area contributed by atoms with E-state index in [0.717, 1.165) is 5.56 Å². The fraction of sp³-hybridized carbons (Fsp3) is 0.375. The Morgan fingerprint density at radius 1 is 1.10 bits per heavy atom. The van der Waals surface area contributed by atoms with Crippen molar-refractivity contribution in [2.24, 2.45) is 5.73 Å². The first-order valence-corrected chi connectivity index (χ1v) is 6.89. The first kappa shape index (κ1) is 16.9. The number of nitrogens with two attached hydrogens (primary N) is 1. The van der Waals surface area contributed by atoms with Crippen molar-refractivity contribution in [1.82, 2.24) is 0 Å². The molecule has 1 rings (SSSR count). The van der Waals surface area contributed by atoms with Gasteiger partial charge in [-0.05, 0) is 19.4 Å². The molecule has 0 aliphatic carbocycles. The Bertz CT molecular complexity index is 478. The van der Waals surface area contributed by atoms with Crippen molar-refractivity contribution in [1.29, 1.82) is 0 Å². The van der Waals surface area contributed by atoms with Crippen LogP contribution < -0.4 is 5.73 Å². The van der Waals surface area contributed by atoms with Crippen molar-refractivity contribution in [3.63, 3.8) is 0 Å². The van der Waals surface area contributed by atoms with Crippen molar-refractivity contribution in [3.8, 4) is 0 Å². The molecule has 0 atom stereocenters.